The standard InChI is InChI=1S/C13H24N4S/c1-3-4-11-13(18-17-16-11)12(15-14)10-7-5-9(2)6-8-10/h9-10,12,15H,3-8,14H2,1-2H3. The van der Waals surface area contributed by atoms with Crippen LogP contribution in [0.15, 0.2) is 0 Å². The summed E-state index contributed by atoms with van der Waals surface area (Å²) in [6.07, 6.45) is 7.28. The Kier molecular flexibility index (Phi) is 5.09. The van der Waals surface area contributed by atoms with E-state index >= 15 is 0 Å². The topological polar surface area (TPSA) is 63.8 Å². The van der Waals surface area contributed by atoms with Crippen LogP contribution in [0, 0.1) is 11.8 Å². The van der Waals surface area contributed by atoms with Crippen molar-refractivity contribution in [3.05, 3.63) is 10.6 Å². The van der Waals surface area contributed by atoms with Crippen molar-refractivity contribution in [2.45, 2.75) is 58.4 Å². The molecule has 1 aliphatic rings. The third kappa shape index (κ3) is 3.08. The van der Waals surface area contributed by atoms with E-state index < -0.39 is 0 Å². The van der Waals surface area contributed by atoms with Crippen LogP contribution >= 0.6 is 11.5 Å². The molecule has 1 atom stereocenters. The van der Waals surface area contributed by atoms with Crippen LogP contribution < -0.4 is 11.3 Å². The van der Waals surface area contributed by atoms with Crippen LogP contribution in [-0.2, 0) is 6.42 Å². The molecule has 3 N–H and O–H groups in total. The maximum atomic E-state index is 5.80. The number of aryl methyl sites for hydroxylation is 1. The van der Waals surface area contributed by atoms with E-state index in [1.165, 1.54) is 42.1 Å². The van der Waals surface area contributed by atoms with Gasteiger partial charge in [0.2, 0.25) is 0 Å². The zero-order valence-electron chi connectivity index (χ0n) is 11.4. The molecule has 102 valence electrons. The lowest BCUT2D eigenvalue weighted by Gasteiger charge is -2.31. The van der Waals surface area contributed by atoms with Gasteiger partial charge in [0.1, 0.15) is 0 Å². The second kappa shape index (κ2) is 6.59. The predicted molar refractivity (Wildman–Crippen MR) is 75.1 cm³/mol. The molecule has 1 saturated carbocycles. The molecule has 0 radical (unpaired) electrons. The van der Waals surface area contributed by atoms with Gasteiger partial charge in [-0.1, -0.05) is 37.6 Å². The molecule has 0 aromatic carbocycles. The summed E-state index contributed by atoms with van der Waals surface area (Å²) in [5.74, 6) is 7.31. The summed E-state index contributed by atoms with van der Waals surface area (Å²) < 4.78 is 4.12. The summed E-state index contributed by atoms with van der Waals surface area (Å²) >= 11 is 1.51. The van der Waals surface area contributed by atoms with Crippen molar-refractivity contribution in [1.82, 2.24) is 15.0 Å². The molecule has 0 amide bonds. The minimum Gasteiger partial charge on any atom is -0.271 e. The highest BCUT2D eigenvalue weighted by Crippen LogP contribution is 2.38. The number of nitrogens with two attached hydrogens (primary N) is 1. The normalized spacial score (nSPS) is 26.2. The third-order valence-electron chi connectivity index (χ3n) is 4.07. The Morgan fingerprint density at radius 1 is 1.39 bits per heavy atom. The lowest BCUT2D eigenvalue weighted by Crippen LogP contribution is -2.35. The number of hydrogen-bond acceptors (Lipinski definition) is 5. The Labute approximate surface area is 113 Å². The van der Waals surface area contributed by atoms with Crippen molar-refractivity contribution in [2.75, 3.05) is 0 Å². The number of hydrogen-bond donors (Lipinski definition) is 2. The second-order valence-corrected chi connectivity index (χ2v) is 6.28. The first-order chi connectivity index (χ1) is 8.76. The van der Waals surface area contributed by atoms with Crippen molar-refractivity contribution < 1.29 is 0 Å². The van der Waals surface area contributed by atoms with Crippen molar-refractivity contribution in [3.8, 4) is 0 Å². The number of hydrazine groups is 1. The molecule has 1 aromatic heterocycles. The van der Waals surface area contributed by atoms with E-state index in [4.69, 9.17) is 5.84 Å². The molecule has 1 fully saturated rings. The lowest BCUT2D eigenvalue weighted by atomic mass is 9.78. The monoisotopic (exact) mass is 268 g/mol. The summed E-state index contributed by atoms with van der Waals surface area (Å²) in [7, 11) is 0. The minimum absolute atomic E-state index is 0.249. The molecular weight excluding hydrogens is 244 g/mol. The van der Waals surface area contributed by atoms with Gasteiger partial charge in [-0.3, -0.25) is 11.3 Å². The fourth-order valence-electron chi connectivity index (χ4n) is 2.91. The molecule has 1 heterocycles. The molecule has 2 rings (SSSR count). The van der Waals surface area contributed by atoms with Gasteiger partial charge in [0.05, 0.1) is 16.6 Å². The summed E-state index contributed by atoms with van der Waals surface area (Å²) in [6, 6.07) is 0.249. The van der Waals surface area contributed by atoms with Crippen LogP contribution in [0.4, 0.5) is 0 Å². The average molecular weight is 268 g/mol. The van der Waals surface area contributed by atoms with Crippen molar-refractivity contribution in [1.29, 1.82) is 0 Å². The first kappa shape index (κ1) is 13.9. The van der Waals surface area contributed by atoms with Gasteiger partial charge < -0.3 is 0 Å². The molecule has 1 aliphatic carbocycles. The number of aromatic nitrogens is 2. The highest BCUT2D eigenvalue weighted by molar-refractivity contribution is 7.05. The Hall–Kier alpha value is -0.520. The van der Waals surface area contributed by atoms with E-state index in [1.807, 2.05) is 0 Å². The van der Waals surface area contributed by atoms with E-state index in [1.54, 1.807) is 0 Å². The van der Waals surface area contributed by atoms with Crippen LogP contribution in [-0.4, -0.2) is 9.59 Å². The maximum Gasteiger partial charge on any atom is 0.0804 e. The molecule has 1 unspecified atom stereocenters. The first-order valence-corrected chi connectivity index (χ1v) is 7.80. The number of nitrogens with one attached hydrogen (secondary N) is 1. The van der Waals surface area contributed by atoms with Crippen LogP contribution in [0.1, 0.15) is 62.6 Å². The maximum absolute atomic E-state index is 5.80. The van der Waals surface area contributed by atoms with E-state index in [0.717, 1.165) is 24.5 Å². The zero-order valence-corrected chi connectivity index (χ0v) is 12.2. The highest BCUT2D eigenvalue weighted by Gasteiger charge is 2.29. The third-order valence-corrected chi connectivity index (χ3v) is 4.92. The SMILES string of the molecule is CCCc1nnsc1C(NN)C1CCC(C)CC1. The molecule has 18 heavy (non-hydrogen) atoms. The van der Waals surface area contributed by atoms with Gasteiger partial charge in [0, 0.05) is 0 Å². The van der Waals surface area contributed by atoms with Gasteiger partial charge in [-0.25, -0.2) is 0 Å². The fraction of sp³-hybridized carbons (Fsp3) is 0.846. The van der Waals surface area contributed by atoms with Gasteiger partial charge in [-0.2, -0.15) is 0 Å². The summed E-state index contributed by atoms with van der Waals surface area (Å²) in [4.78, 5) is 1.26. The van der Waals surface area contributed by atoms with Gasteiger partial charge in [0.15, 0.2) is 0 Å². The molecule has 0 spiro atoms. The molecule has 0 aliphatic heterocycles. The van der Waals surface area contributed by atoms with Gasteiger partial charge in [0.25, 0.3) is 0 Å². The lowest BCUT2D eigenvalue weighted by molar-refractivity contribution is 0.233. The quantitative estimate of drug-likeness (QED) is 0.636. The van der Waals surface area contributed by atoms with E-state index in [9.17, 15) is 0 Å². The Balaban J connectivity index is 2.09. The second-order valence-electron chi connectivity index (χ2n) is 5.50. The fourth-order valence-corrected chi connectivity index (χ4v) is 3.76. The smallest absolute Gasteiger partial charge is 0.0804 e. The summed E-state index contributed by atoms with van der Waals surface area (Å²) in [5, 5.41) is 4.26. The molecule has 4 nitrogen and oxygen atoms in total. The number of nitrogens with zero attached hydrogens (tertiary/aromatic N) is 2. The van der Waals surface area contributed by atoms with Crippen molar-refractivity contribution >= 4 is 11.5 Å². The van der Waals surface area contributed by atoms with Crippen LogP contribution in [0.25, 0.3) is 0 Å². The zero-order chi connectivity index (χ0) is 13.0. The molecular formula is C13H24N4S. The largest absolute Gasteiger partial charge is 0.271 e. The van der Waals surface area contributed by atoms with Crippen LogP contribution in [0.2, 0.25) is 0 Å². The Morgan fingerprint density at radius 3 is 2.72 bits per heavy atom. The number of rotatable bonds is 5. The van der Waals surface area contributed by atoms with E-state index in [2.05, 4.69) is 28.9 Å². The summed E-state index contributed by atoms with van der Waals surface area (Å²) in [5.41, 5.74) is 4.16. The molecule has 5 heteroatoms. The van der Waals surface area contributed by atoms with Crippen molar-refractivity contribution in [2.24, 2.45) is 17.7 Å². The van der Waals surface area contributed by atoms with Gasteiger partial charge in [-0.15, -0.1) is 5.10 Å². The predicted octanol–water partition coefficient (Wildman–Crippen LogP) is 2.82. The van der Waals surface area contributed by atoms with Crippen molar-refractivity contribution in [3.63, 3.8) is 0 Å². The van der Waals surface area contributed by atoms with E-state index in [0.29, 0.717) is 5.92 Å². The molecule has 0 bridgehead atoms. The Morgan fingerprint density at radius 2 is 2.11 bits per heavy atom. The van der Waals surface area contributed by atoms with Crippen LogP contribution in [0.3, 0.4) is 0 Å². The first-order valence-electron chi connectivity index (χ1n) is 7.03. The van der Waals surface area contributed by atoms with Gasteiger partial charge in [-0.05, 0) is 42.6 Å². The van der Waals surface area contributed by atoms with E-state index in [-0.39, 0.29) is 6.04 Å². The highest BCUT2D eigenvalue weighted by atomic mass is 32.1. The van der Waals surface area contributed by atoms with Crippen LogP contribution in [0.5, 0.6) is 0 Å². The Bertz CT molecular complexity index is 358. The average Bonchev–Trinajstić information content (AvgIpc) is 2.82. The summed E-state index contributed by atoms with van der Waals surface area (Å²) in [6.45, 7) is 4.52. The molecule has 1 aromatic rings. The van der Waals surface area contributed by atoms with Gasteiger partial charge >= 0.3 is 0 Å². The molecule has 0 saturated heterocycles. The minimum atomic E-state index is 0.249.